The number of rotatable bonds is 5. The van der Waals surface area contributed by atoms with Crippen LogP contribution in [-0.2, 0) is 11.3 Å². The molecule has 1 aliphatic rings. The Morgan fingerprint density at radius 2 is 2.47 bits per heavy atom. The largest absolute Gasteiger partial charge is 0.350 e. The molecule has 1 aliphatic heterocycles. The number of amides is 1. The number of hydrogen-bond donors (Lipinski definition) is 1. The Bertz CT molecular complexity index is 400. The van der Waals surface area contributed by atoms with Crippen molar-refractivity contribution in [3.63, 3.8) is 0 Å². The standard InChI is InChI=1S/C12H17F2N3OS/c13-11(14)5-16-12(18)9-2-1-3-17(6-9)7-10-4-15-8-19-10/h4,8-9,11H,1-3,5-7H2,(H,16,18). The van der Waals surface area contributed by atoms with Gasteiger partial charge >= 0.3 is 0 Å². The van der Waals surface area contributed by atoms with Crippen LogP contribution in [0.2, 0.25) is 0 Å². The number of likely N-dealkylation sites (tertiary alicyclic amines) is 1. The lowest BCUT2D eigenvalue weighted by Gasteiger charge is -2.31. The highest BCUT2D eigenvalue weighted by molar-refractivity contribution is 7.09. The third-order valence-electron chi connectivity index (χ3n) is 3.17. The maximum atomic E-state index is 12.1. The zero-order valence-electron chi connectivity index (χ0n) is 10.5. The Morgan fingerprint density at radius 1 is 1.63 bits per heavy atom. The van der Waals surface area contributed by atoms with Crippen LogP contribution < -0.4 is 5.32 Å². The first kappa shape index (κ1) is 14.3. The van der Waals surface area contributed by atoms with Gasteiger partial charge < -0.3 is 5.32 Å². The fourth-order valence-electron chi connectivity index (χ4n) is 2.28. The molecule has 19 heavy (non-hydrogen) atoms. The number of nitrogens with one attached hydrogen (secondary N) is 1. The SMILES string of the molecule is O=C(NCC(F)F)C1CCCN(Cc2cncs2)C1. The van der Waals surface area contributed by atoms with Gasteiger partial charge in [-0.1, -0.05) is 0 Å². The number of carbonyl (C=O) groups is 1. The summed E-state index contributed by atoms with van der Waals surface area (Å²) in [7, 11) is 0. The Kier molecular flexibility index (Phi) is 5.21. The molecule has 1 atom stereocenters. The van der Waals surface area contributed by atoms with Crippen LogP contribution in [0, 0.1) is 5.92 Å². The van der Waals surface area contributed by atoms with Crippen molar-refractivity contribution in [1.82, 2.24) is 15.2 Å². The van der Waals surface area contributed by atoms with E-state index in [1.54, 1.807) is 16.8 Å². The third kappa shape index (κ3) is 4.50. The van der Waals surface area contributed by atoms with E-state index < -0.39 is 13.0 Å². The van der Waals surface area contributed by atoms with Gasteiger partial charge in [0, 0.05) is 24.2 Å². The minimum atomic E-state index is -2.49. The molecule has 0 saturated carbocycles. The lowest BCUT2D eigenvalue weighted by atomic mass is 9.97. The average molecular weight is 289 g/mol. The van der Waals surface area contributed by atoms with Crippen LogP contribution in [0.5, 0.6) is 0 Å². The van der Waals surface area contributed by atoms with Crippen molar-refractivity contribution in [2.24, 2.45) is 5.92 Å². The minimum Gasteiger partial charge on any atom is -0.350 e. The smallest absolute Gasteiger partial charge is 0.255 e. The summed E-state index contributed by atoms with van der Waals surface area (Å²) in [5, 5.41) is 2.31. The van der Waals surface area contributed by atoms with Crippen molar-refractivity contribution < 1.29 is 13.6 Å². The number of carbonyl (C=O) groups excluding carboxylic acids is 1. The molecule has 0 radical (unpaired) electrons. The maximum absolute atomic E-state index is 12.1. The fourth-order valence-corrected chi connectivity index (χ4v) is 2.91. The van der Waals surface area contributed by atoms with Gasteiger partial charge in [-0.05, 0) is 19.4 Å². The van der Waals surface area contributed by atoms with Crippen molar-refractivity contribution in [3.05, 3.63) is 16.6 Å². The van der Waals surface area contributed by atoms with Crippen LogP contribution >= 0.6 is 11.3 Å². The van der Waals surface area contributed by atoms with Crippen LogP contribution in [0.15, 0.2) is 11.7 Å². The molecule has 1 fully saturated rings. The third-order valence-corrected chi connectivity index (χ3v) is 3.93. The molecule has 2 heterocycles. The predicted octanol–water partition coefficient (Wildman–Crippen LogP) is 1.74. The number of alkyl halides is 2. The number of aromatic nitrogens is 1. The highest BCUT2D eigenvalue weighted by Gasteiger charge is 2.26. The van der Waals surface area contributed by atoms with Crippen molar-refractivity contribution in [2.45, 2.75) is 25.8 Å². The number of nitrogens with zero attached hydrogens (tertiary/aromatic N) is 2. The molecule has 0 bridgehead atoms. The summed E-state index contributed by atoms with van der Waals surface area (Å²) in [6, 6.07) is 0. The number of hydrogen-bond acceptors (Lipinski definition) is 4. The first-order valence-electron chi connectivity index (χ1n) is 6.30. The molecule has 1 aromatic rings. The summed E-state index contributed by atoms with van der Waals surface area (Å²) < 4.78 is 24.1. The van der Waals surface area contributed by atoms with E-state index in [0.717, 1.165) is 30.8 Å². The van der Waals surface area contributed by atoms with E-state index in [1.807, 2.05) is 6.20 Å². The van der Waals surface area contributed by atoms with Gasteiger partial charge in [-0.15, -0.1) is 11.3 Å². The quantitative estimate of drug-likeness (QED) is 0.898. The Labute approximate surface area is 114 Å². The van der Waals surface area contributed by atoms with Crippen LogP contribution in [0.25, 0.3) is 0 Å². The van der Waals surface area contributed by atoms with E-state index in [0.29, 0.717) is 6.54 Å². The van der Waals surface area contributed by atoms with Crippen LogP contribution in [0.1, 0.15) is 17.7 Å². The first-order valence-corrected chi connectivity index (χ1v) is 7.18. The lowest BCUT2D eigenvalue weighted by molar-refractivity contribution is -0.127. The monoisotopic (exact) mass is 289 g/mol. The lowest BCUT2D eigenvalue weighted by Crippen LogP contribution is -2.43. The highest BCUT2D eigenvalue weighted by Crippen LogP contribution is 2.19. The van der Waals surface area contributed by atoms with E-state index in [1.165, 1.54) is 0 Å². The molecule has 1 saturated heterocycles. The summed E-state index contributed by atoms with van der Waals surface area (Å²) >= 11 is 1.59. The number of halogens is 2. The summed E-state index contributed by atoms with van der Waals surface area (Å²) in [4.78, 5) is 19.1. The van der Waals surface area contributed by atoms with Crippen molar-refractivity contribution >= 4 is 17.2 Å². The molecule has 1 amide bonds. The second-order valence-electron chi connectivity index (χ2n) is 4.68. The Hall–Kier alpha value is -1.08. The van der Waals surface area contributed by atoms with Gasteiger partial charge in [0.1, 0.15) is 0 Å². The minimum absolute atomic E-state index is 0.180. The van der Waals surface area contributed by atoms with Crippen LogP contribution in [-0.4, -0.2) is 41.9 Å². The Morgan fingerprint density at radius 3 is 3.16 bits per heavy atom. The zero-order valence-corrected chi connectivity index (χ0v) is 11.3. The molecule has 1 aromatic heterocycles. The molecule has 1 unspecified atom stereocenters. The predicted molar refractivity (Wildman–Crippen MR) is 69.1 cm³/mol. The summed E-state index contributed by atoms with van der Waals surface area (Å²) in [6.07, 6.45) is 1.03. The zero-order chi connectivity index (χ0) is 13.7. The van der Waals surface area contributed by atoms with Gasteiger partial charge in [-0.2, -0.15) is 0 Å². The van der Waals surface area contributed by atoms with Crippen molar-refractivity contribution in [1.29, 1.82) is 0 Å². The first-order chi connectivity index (χ1) is 9.15. The van der Waals surface area contributed by atoms with E-state index >= 15 is 0 Å². The second kappa shape index (κ2) is 6.91. The van der Waals surface area contributed by atoms with Crippen LogP contribution in [0.4, 0.5) is 8.78 Å². The number of piperidine rings is 1. The second-order valence-corrected chi connectivity index (χ2v) is 5.65. The normalized spacial score (nSPS) is 20.7. The molecule has 7 heteroatoms. The summed E-state index contributed by atoms with van der Waals surface area (Å²) in [6.45, 7) is 1.80. The average Bonchev–Trinajstić information content (AvgIpc) is 2.89. The highest BCUT2D eigenvalue weighted by atomic mass is 32.1. The van der Waals surface area contributed by atoms with E-state index in [2.05, 4.69) is 15.2 Å². The van der Waals surface area contributed by atoms with Crippen molar-refractivity contribution in [3.8, 4) is 0 Å². The Balaban J connectivity index is 1.81. The van der Waals surface area contributed by atoms with Gasteiger partial charge in [0.2, 0.25) is 5.91 Å². The van der Waals surface area contributed by atoms with Crippen LogP contribution in [0.3, 0.4) is 0 Å². The maximum Gasteiger partial charge on any atom is 0.255 e. The molecule has 106 valence electrons. The summed E-state index contributed by atoms with van der Waals surface area (Å²) in [5.74, 6) is -0.435. The fraction of sp³-hybridized carbons (Fsp3) is 0.667. The number of thiazole rings is 1. The molecule has 0 aliphatic carbocycles. The molecule has 2 rings (SSSR count). The molecule has 0 aromatic carbocycles. The summed E-state index contributed by atoms with van der Waals surface area (Å²) in [5.41, 5.74) is 1.78. The molecular weight excluding hydrogens is 272 g/mol. The van der Waals surface area contributed by atoms with Gasteiger partial charge in [-0.3, -0.25) is 14.7 Å². The van der Waals surface area contributed by atoms with Gasteiger partial charge in [0.25, 0.3) is 6.43 Å². The van der Waals surface area contributed by atoms with Crippen molar-refractivity contribution in [2.75, 3.05) is 19.6 Å². The van der Waals surface area contributed by atoms with Gasteiger partial charge in [0.15, 0.2) is 0 Å². The molecule has 1 N–H and O–H groups in total. The van der Waals surface area contributed by atoms with E-state index in [4.69, 9.17) is 0 Å². The van der Waals surface area contributed by atoms with Gasteiger partial charge in [-0.25, -0.2) is 8.78 Å². The molecule has 4 nitrogen and oxygen atoms in total. The molecule has 0 spiro atoms. The van der Waals surface area contributed by atoms with E-state index in [9.17, 15) is 13.6 Å². The van der Waals surface area contributed by atoms with E-state index in [-0.39, 0.29) is 11.8 Å². The topological polar surface area (TPSA) is 45.2 Å². The molecular formula is C12H17F2N3OS. The van der Waals surface area contributed by atoms with Gasteiger partial charge in [0.05, 0.1) is 18.0 Å².